The molecule has 0 atom stereocenters. The maximum Gasteiger partial charge on any atom is 0.422 e. The highest BCUT2D eigenvalue weighted by molar-refractivity contribution is 5.98. The van der Waals surface area contributed by atoms with E-state index in [9.17, 15) is 27.2 Å². The quantitative estimate of drug-likeness (QED) is 0.564. The molecule has 0 radical (unpaired) electrons. The molecule has 0 spiro atoms. The van der Waals surface area contributed by atoms with E-state index in [1.807, 2.05) is 0 Å². The molecular weight excluding hydrogens is 406 g/mol. The Morgan fingerprint density at radius 3 is 2.57 bits per heavy atom. The number of carbonyl (C=O) groups is 2. The molecule has 6 nitrogen and oxygen atoms in total. The first-order valence-electron chi connectivity index (χ1n) is 9.13. The lowest BCUT2D eigenvalue weighted by atomic mass is 10.2. The Balaban J connectivity index is 1.58. The van der Waals surface area contributed by atoms with Crippen molar-refractivity contribution < 1.29 is 31.9 Å². The minimum absolute atomic E-state index is 0.0908. The normalized spacial score (nSPS) is 13.5. The van der Waals surface area contributed by atoms with E-state index in [2.05, 4.69) is 20.7 Å². The number of alkyl halides is 3. The highest BCUT2D eigenvalue weighted by Gasteiger charge is 2.29. The van der Waals surface area contributed by atoms with Gasteiger partial charge in [-0.1, -0.05) is 6.07 Å². The molecule has 30 heavy (non-hydrogen) atoms. The summed E-state index contributed by atoms with van der Waals surface area (Å²) in [5.74, 6) is -1.72. The molecule has 2 aromatic rings. The maximum atomic E-state index is 13.5. The third-order valence-corrected chi connectivity index (χ3v) is 4.09. The Morgan fingerprint density at radius 2 is 1.87 bits per heavy atom. The van der Waals surface area contributed by atoms with Gasteiger partial charge in [0.2, 0.25) is 5.91 Å². The summed E-state index contributed by atoms with van der Waals surface area (Å²) in [6, 6.07) is 9.45. The maximum absolute atomic E-state index is 13.5. The predicted molar refractivity (Wildman–Crippen MR) is 102 cm³/mol. The molecule has 0 saturated heterocycles. The molecule has 0 unspecified atom stereocenters. The summed E-state index contributed by atoms with van der Waals surface area (Å²) < 4.78 is 55.2. The van der Waals surface area contributed by atoms with Gasteiger partial charge in [0.05, 0.1) is 12.2 Å². The number of halogens is 4. The molecule has 0 aliphatic heterocycles. The smallest absolute Gasteiger partial charge is 0.422 e. The van der Waals surface area contributed by atoms with E-state index in [-0.39, 0.29) is 29.9 Å². The average molecular weight is 425 g/mol. The van der Waals surface area contributed by atoms with Crippen LogP contribution in [0.2, 0.25) is 0 Å². The van der Waals surface area contributed by atoms with Crippen molar-refractivity contribution in [1.82, 2.24) is 5.32 Å². The van der Waals surface area contributed by atoms with Gasteiger partial charge in [-0.2, -0.15) is 13.2 Å². The van der Waals surface area contributed by atoms with Crippen molar-refractivity contribution in [2.45, 2.75) is 25.1 Å². The van der Waals surface area contributed by atoms with E-state index in [1.54, 1.807) is 18.2 Å². The largest absolute Gasteiger partial charge is 0.482 e. The number of anilines is 2. The molecular formula is C20H19F4N3O3. The number of nitrogens with one attached hydrogen (secondary N) is 3. The molecule has 3 rings (SSSR count). The molecule has 1 aliphatic carbocycles. The fraction of sp³-hybridized carbons (Fsp3) is 0.300. The Kier molecular flexibility index (Phi) is 6.43. The Hall–Kier alpha value is -3.30. The van der Waals surface area contributed by atoms with E-state index in [0.717, 1.165) is 31.0 Å². The number of hydrogen-bond donors (Lipinski definition) is 3. The third-order valence-electron chi connectivity index (χ3n) is 4.09. The summed E-state index contributed by atoms with van der Waals surface area (Å²) in [5, 5.41) is 7.97. The first kappa shape index (κ1) is 21.4. The van der Waals surface area contributed by atoms with Crippen LogP contribution in [0.15, 0.2) is 42.5 Å². The lowest BCUT2D eigenvalue weighted by Gasteiger charge is -2.15. The Labute approximate surface area is 169 Å². The van der Waals surface area contributed by atoms with Crippen LogP contribution < -0.4 is 20.7 Å². The molecule has 2 aromatic carbocycles. The zero-order valence-corrected chi connectivity index (χ0v) is 15.7. The number of hydrogen-bond acceptors (Lipinski definition) is 4. The van der Waals surface area contributed by atoms with Gasteiger partial charge in [-0.25, -0.2) is 4.39 Å². The Bertz CT molecular complexity index is 930. The van der Waals surface area contributed by atoms with Crippen molar-refractivity contribution >= 4 is 23.2 Å². The van der Waals surface area contributed by atoms with Gasteiger partial charge < -0.3 is 20.7 Å². The number of rotatable bonds is 8. The van der Waals surface area contributed by atoms with Gasteiger partial charge in [-0.05, 0) is 43.2 Å². The van der Waals surface area contributed by atoms with Crippen LogP contribution in [-0.4, -0.2) is 37.2 Å². The Morgan fingerprint density at radius 1 is 1.10 bits per heavy atom. The summed E-state index contributed by atoms with van der Waals surface area (Å²) in [6.07, 6.45) is -2.66. The average Bonchev–Trinajstić information content (AvgIpc) is 3.49. The lowest BCUT2D eigenvalue weighted by Crippen LogP contribution is -2.26. The van der Waals surface area contributed by atoms with Crippen molar-refractivity contribution in [3.63, 3.8) is 0 Å². The van der Waals surface area contributed by atoms with Crippen molar-refractivity contribution in [1.29, 1.82) is 0 Å². The fourth-order valence-corrected chi connectivity index (χ4v) is 2.54. The van der Waals surface area contributed by atoms with Crippen LogP contribution in [0.4, 0.5) is 28.9 Å². The van der Waals surface area contributed by atoms with E-state index in [0.29, 0.717) is 11.3 Å². The van der Waals surface area contributed by atoms with Crippen LogP contribution in [-0.2, 0) is 4.79 Å². The summed E-state index contributed by atoms with van der Waals surface area (Å²) in [6.45, 7) is -1.90. The zero-order chi connectivity index (χ0) is 21.7. The molecule has 0 aromatic heterocycles. The van der Waals surface area contributed by atoms with Crippen LogP contribution in [0.5, 0.6) is 5.75 Å². The molecule has 160 valence electrons. The molecule has 1 fully saturated rings. The van der Waals surface area contributed by atoms with Crippen LogP contribution in [0, 0.1) is 5.82 Å². The minimum Gasteiger partial charge on any atom is -0.482 e. The number of carbonyl (C=O) groups excluding carboxylic acids is 2. The summed E-state index contributed by atoms with van der Waals surface area (Å²) in [5.41, 5.74) is 0.672. The van der Waals surface area contributed by atoms with Gasteiger partial charge >= 0.3 is 6.18 Å². The van der Waals surface area contributed by atoms with E-state index in [1.165, 1.54) is 6.07 Å². The standard InChI is InChI=1S/C20H19F4N3O3/c21-13-4-7-17(30-11-20(22,23)24)16(9-13)25-10-18(28)26-15-3-1-2-12(8-15)19(29)27-14-5-6-14/h1-4,7-9,14,25H,5-6,10-11H2,(H,26,28)(H,27,29). The van der Waals surface area contributed by atoms with Gasteiger partial charge in [0, 0.05) is 23.4 Å². The van der Waals surface area contributed by atoms with Crippen LogP contribution in [0.1, 0.15) is 23.2 Å². The van der Waals surface area contributed by atoms with Crippen molar-refractivity contribution in [3.05, 3.63) is 53.8 Å². The van der Waals surface area contributed by atoms with Crippen molar-refractivity contribution in [3.8, 4) is 5.75 Å². The summed E-state index contributed by atoms with van der Waals surface area (Å²) in [4.78, 5) is 24.3. The second-order valence-electron chi connectivity index (χ2n) is 6.77. The zero-order valence-electron chi connectivity index (χ0n) is 15.7. The monoisotopic (exact) mass is 425 g/mol. The van der Waals surface area contributed by atoms with Gasteiger partial charge in [0.25, 0.3) is 5.91 Å². The molecule has 10 heteroatoms. The van der Waals surface area contributed by atoms with E-state index >= 15 is 0 Å². The van der Waals surface area contributed by atoms with Gasteiger partial charge in [0.1, 0.15) is 11.6 Å². The fourth-order valence-electron chi connectivity index (χ4n) is 2.54. The molecule has 2 amide bonds. The number of amides is 2. The van der Waals surface area contributed by atoms with E-state index in [4.69, 9.17) is 0 Å². The second kappa shape index (κ2) is 9.02. The molecule has 0 bridgehead atoms. The lowest BCUT2D eigenvalue weighted by molar-refractivity contribution is -0.153. The van der Waals surface area contributed by atoms with Gasteiger partial charge in [0.15, 0.2) is 6.61 Å². The van der Waals surface area contributed by atoms with Crippen LogP contribution in [0.3, 0.4) is 0 Å². The third kappa shape index (κ3) is 6.64. The molecule has 3 N–H and O–H groups in total. The van der Waals surface area contributed by atoms with Gasteiger partial charge in [-0.3, -0.25) is 9.59 Å². The summed E-state index contributed by atoms with van der Waals surface area (Å²) >= 11 is 0. The topological polar surface area (TPSA) is 79.5 Å². The molecule has 1 saturated carbocycles. The number of ether oxygens (including phenoxy) is 1. The molecule has 0 heterocycles. The predicted octanol–water partition coefficient (Wildman–Crippen LogP) is 3.71. The first-order valence-corrected chi connectivity index (χ1v) is 9.13. The minimum atomic E-state index is -4.56. The SMILES string of the molecule is O=C(CNc1cc(F)ccc1OCC(F)(F)F)Nc1cccc(C(=O)NC2CC2)c1. The van der Waals surface area contributed by atoms with Crippen molar-refractivity contribution in [2.75, 3.05) is 23.8 Å². The van der Waals surface area contributed by atoms with Crippen LogP contribution >= 0.6 is 0 Å². The summed E-state index contributed by atoms with van der Waals surface area (Å²) in [7, 11) is 0. The van der Waals surface area contributed by atoms with Crippen LogP contribution in [0.25, 0.3) is 0 Å². The van der Waals surface area contributed by atoms with E-state index < -0.39 is 24.5 Å². The van der Waals surface area contributed by atoms with Gasteiger partial charge in [-0.15, -0.1) is 0 Å². The molecule has 1 aliphatic rings. The highest BCUT2D eigenvalue weighted by atomic mass is 19.4. The van der Waals surface area contributed by atoms with Crippen molar-refractivity contribution in [2.24, 2.45) is 0 Å². The first-order chi connectivity index (χ1) is 14.2. The number of benzene rings is 2. The second-order valence-corrected chi connectivity index (χ2v) is 6.77. The highest BCUT2D eigenvalue weighted by Crippen LogP contribution is 2.27.